The Bertz CT molecular complexity index is 859. The minimum absolute atomic E-state index is 0.0133. The first-order valence-electron chi connectivity index (χ1n) is 12.4. The monoisotopic (exact) mass is 453 g/mol. The van der Waals surface area contributed by atoms with Gasteiger partial charge in [0.15, 0.2) is 0 Å². The van der Waals surface area contributed by atoms with E-state index in [1.807, 2.05) is 72.1 Å². The number of ether oxygens (including phenoxy) is 1. The van der Waals surface area contributed by atoms with Crippen LogP contribution < -0.4 is 0 Å². The van der Waals surface area contributed by atoms with Gasteiger partial charge in [-0.25, -0.2) is 0 Å². The van der Waals surface area contributed by atoms with Gasteiger partial charge in [0.05, 0.1) is 13.1 Å². The number of aromatic nitrogens is 1. The maximum absolute atomic E-state index is 13.6. The van der Waals surface area contributed by atoms with Crippen molar-refractivity contribution in [1.82, 2.24) is 14.4 Å². The van der Waals surface area contributed by atoms with Gasteiger partial charge < -0.3 is 19.1 Å². The number of carbonyl (C=O) groups is 2. The van der Waals surface area contributed by atoms with Crippen LogP contribution in [0.4, 0.5) is 0 Å². The third-order valence-corrected chi connectivity index (χ3v) is 6.49. The van der Waals surface area contributed by atoms with Crippen molar-refractivity contribution in [3.8, 4) is 0 Å². The number of nitrogens with zero attached hydrogens (tertiary/aromatic N) is 3. The van der Waals surface area contributed by atoms with Crippen molar-refractivity contribution in [2.24, 2.45) is 13.0 Å². The average molecular weight is 454 g/mol. The molecule has 0 atom stereocenters. The molecule has 1 aliphatic carbocycles. The topological polar surface area (TPSA) is 54.8 Å². The molecule has 2 aromatic rings. The molecule has 1 aliphatic rings. The van der Waals surface area contributed by atoms with Gasteiger partial charge in [-0.3, -0.25) is 9.59 Å². The molecule has 33 heavy (non-hydrogen) atoms. The summed E-state index contributed by atoms with van der Waals surface area (Å²) in [6.45, 7) is 4.97. The Morgan fingerprint density at radius 2 is 1.76 bits per heavy atom. The molecule has 1 aromatic carbocycles. The molecule has 1 saturated carbocycles. The fourth-order valence-corrected chi connectivity index (χ4v) is 4.53. The van der Waals surface area contributed by atoms with Crippen LogP contribution in [0.5, 0.6) is 0 Å². The molecule has 0 bridgehead atoms. The van der Waals surface area contributed by atoms with Crippen molar-refractivity contribution in [3.63, 3.8) is 0 Å². The van der Waals surface area contributed by atoms with Crippen LogP contribution in [0.15, 0.2) is 48.7 Å². The summed E-state index contributed by atoms with van der Waals surface area (Å²) < 4.78 is 7.53. The molecule has 1 heterocycles. The largest absolute Gasteiger partial charge is 0.382 e. The maximum atomic E-state index is 13.6. The Balaban J connectivity index is 1.73. The van der Waals surface area contributed by atoms with Crippen LogP contribution in [0, 0.1) is 5.92 Å². The van der Waals surface area contributed by atoms with E-state index in [4.69, 9.17) is 4.74 Å². The molecular weight excluding hydrogens is 414 g/mol. The number of amides is 2. The molecule has 2 amide bonds. The fourth-order valence-electron chi connectivity index (χ4n) is 4.53. The molecule has 1 aromatic heterocycles. The van der Waals surface area contributed by atoms with Gasteiger partial charge in [0.1, 0.15) is 0 Å². The summed E-state index contributed by atoms with van der Waals surface area (Å²) in [6.07, 6.45) is 8.02. The van der Waals surface area contributed by atoms with Crippen LogP contribution in [0.1, 0.15) is 56.7 Å². The van der Waals surface area contributed by atoms with Gasteiger partial charge in [-0.05, 0) is 43.9 Å². The molecular formula is C27H39N3O3. The van der Waals surface area contributed by atoms with E-state index in [9.17, 15) is 9.59 Å². The van der Waals surface area contributed by atoms with E-state index in [2.05, 4.69) is 0 Å². The van der Waals surface area contributed by atoms with Gasteiger partial charge in [0.25, 0.3) is 0 Å². The molecule has 0 N–H and O–H groups in total. The predicted molar refractivity (Wildman–Crippen MR) is 130 cm³/mol. The maximum Gasteiger partial charge on any atom is 0.242 e. The van der Waals surface area contributed by atoms with Crippen LogP contribution in [0.2, 0.25) is 0 Å². The Labute approximate surface area is 198 Å². The zero-order valence-corrected chi connectivity index (χ0v) is 20.2. The molecule has 0 unspecified atom stereocenters. The van der Waals surface area contributed by atoms with Gasteiger partial charge >= 0.3 is 0 Å². The van der Waals surface area contributed by atoms with Crippen LogP contribution in [0.25, 0.3) is 0 Å². The lowest BCUT2D eigenvalue weighted by Gasteiger charge is -2.31. The molecule has 0 saturated heterocycles. The zero-order valence-electron chi connectivity index (χ0n) is 20.2. The molecule has 6 nitrogen and oxygen atoms in total. The van der Waals surface area contributed by atoms with Crippen LogP contribution in [-0.4, -0.2) is 52.5 Å². The van der Waals surface area contributed by atoms with E-state index in [0.717, 1.165) is 43.4 Å². The van der Waals surface area contributed by atoms with Crippen molar-refractivity contribution < 1.29 is 14.3 Å². The molecule has 0 aliphatic heterocycles. The number of benzene rings is 1. The predicted octanol–water partition coefficient (Wildman–Crippen LogP) is 4.39. The normalized spacial score (nSPS) is 14.2. The quantitative estimate of drug-likeness (QED) is 0.448. The third-order valence-electron chi connectivity index (χ3n) is 6.49. The van der Waals surface area contributed by atoms with E-state index in [0.29, 0.717) is 32.8 Å². The highest BCUT2D eigenvalue weighted by Gasteiger charge is 2.28. The highest BCUT2D eigenvalue weighted by Crippen LogP contribution is 2.25. The van der Waals surface area contributed by atoms with Crippen molar-refractivity contribution in [2.75, 3.05) is 26.3 Å². The van der Waals surface area contributed by atoms with E-state index in [1.165, 1.54) is 6.42 Å². The SMILES string of the molecule is CCOCCCN(CC(=O)N(Cc1ccccc1)Cc1cccn1C)C(=O)C1CCCCC1. The van der Waals surface area contributed by atoms with E-state index >= 15 is 0 Å². The fraction of sp³-hybridized carbons (Fsp3) is 0.556. The number of rotatable bonds is 12. The standard InChI is InChI=1S/C27H39N3O3/c1-3-33-19-11-18-29(27(32)24-14-8-5-9-15-24)22-26(31)30(20-23-12-6-4-7-13-23)21-25-16-10-17-28(25)2/h4,6-7,10,12-13,16-17,24H,3,5,8-9,11,14-15,18-22H2,1-2H3. The molecule has 1 fully saturated rings. The molecule has 0 radical (unpaired) electrons. The minimum atomic E-state index is -0.0133. The van der Waals surface area contributed by atoms with Crippen LogP contribution in [-0.2, 0) is 34.5 Å². The first-order valence-corrected chi connectivity index (χ1v) is 12.4. The van der Waals surface area contributed by atoms with Crippen molar-refractivity contribution in [3.05, 3.63) is 59.9 Å². The molecule has 0 spiro atoms. The number of carbonyl (C=O) groups excluding carboxylic acids is 2. The Hall–Kier alpha value is -2.60. The smallest absolute Gasteiger partial charge is 0.242 e. The highest BCUT2D eigenvalue weighted by molar-refractivity contribution is 5.86. The second-order valence-corrected chi connectivity index (χ2v) is 8.99. The van der Waals surface area contributed by atoms with E-state index < -0.39 is 0 Å². The van der Waals surface area contributed by atoms with Crippen molar-refractivity contribution in [2.45, 2.75) is 58.5 Å². The average Bonchev–Trinajstić information content (AvgIpc) is 3.25. The lowest BCUT2D eigenvalue weighted by molar-refractivity contribution is -0.144. The highest BCUT2D eigenvalue weighted by atomic mass is 16.5. The van der Waals surface area contributed by atoms with Crippen LogP contribution >= 0.6 is 0 Å². The van der Waals surface area contributed by atoms with E-state index in [-0.39, 0.29) is 24.3 Å². The van der Waals surface area contributed by atoms with Gasteiger partial charge in [0.2, 0.25) is 11.8 Å². The second-order valence-electron chi connectivity index (χ2n) is 8.99. The summed E-state index contributed by atoms with van der Waals surface area (Å²) in [7, 11) is 1.99. The summed E-state index contributed by atoms with van der Waals surface area (Å²) in [5, 5.41) is 0. The first kappa shape index (κ1) is 25.0. The zero-order chi connectivity index (χ0) is 23.5. The Kier molecular flexibility index (Phi) is 10.0. The van der Waals surface area contributed by atoms with Gasteiger partial charge in [-0.15, -0.1) is 0 Å². The lowest BCUT2D eigenvalue weighted by atomic mass is 9.88. The van der Waals surface area contributed by atoms with E-state index in [1.54, 1.807) is 4.90 Å². The van der Waals surface area contributed by atoms with Gasteiger partial charge in [-0.1, -0.05) is 49.6 Å². The lowest BCUT2D eigenvalue weighted by Crippen LogP contribution is -2.45. The summed E-state index contributed by atoms with van der Waals surface area (Å²) in [5.41, 5.74) is 2.15. The summed E-state index contributed by atoms with van der Waals surface area (Å²) in [6, 6.07) is 14.1. The van der Waals surface area contributed by atoms with Gasteiger partial charge in [-0.2, -0.15) is 0 Å². The van der Waals surface area contributed by atoms with Gasteiger partial charge in [0, 0.05) is 51.2 Å². The number of hydrogen-bond acceptors (Lipinski definition) is 3. The molecule has 180 valence electrons. The Morgan fingerprint density at radius 3 is 2.42 bits per heavy atom. The minimum Gasteiger partial charge on any atom is -0.382 e. The summed E-state index contributed by atoms with van der Waals surface area (Å²) in [5.74, 6) is 0.174. The second kappa shape index (κ2) is 13.2. The van der Waals surface area contributed by atoms with Crippen molar-refractivity contribution in [1.29, 1.82) is 0 Å². The summed E-state index contributed by atoms with van der Waals surface area (Å²) in [4.78, 5) is 30.6. The van der Waals surface area contributed by atoms with Crippen molar-refractivity contribution >= 4 is 11.8 Å². The number of hydrogen-bond donors (Lipinski definition) is 0. The molecule has 6 heteroatoms. The first-order chi connectivity index (χ1) is 16.1. The van der Waals surface area contributed by atoms with Crippen LogP contribution in [0.3, 0.4) is 0 Å². The molecule has 3 rings (SSSR count). The third kappa shape index (κ3) is 7.74. The number of aryl methyl sites for hydroxylation is 1. The Morgan fingerprint density at radius 1 is 1.00 bits per heavy atom. The summed E-state index contributed by atoms with van der Waals surface area (Å²) >= 11 is 0.